The highest BCUT2D eigenvalue weighted by Crippen LogP contribution is 2.34. The van der Waals surface area contributed by atoms with Crippen molar-refractivity contribution in [2.75, 3.05) is 19.6 Å². The van der Waals surface area contributed by atoms with Gasteiger partial charge in [0.1, 0.15) is 5.75 Å². The summed E-state index contributed by atoms with van der Waals surface area (Å²) in [6.45, 7) is 3.29. The molecule has 4 nitrogen and oxygen atoms in total. The van der Waals surface area contributed by atoms with E-state index in [1.807, 2.05) is 36.4 Å². The second-order valence-electron chi connectivity index (χ2n) is 6.48. The fourth-order valence-electron chi connectivity index (χ4n) is 3.54. The first-order valence-electron chi connectivity index (χ1n) is 8.28. The number of nitrogens with zero attached hydrogens (tertiary/aromatic N) is 1. The van der Waals surface area contributed by atoms with Crippen LogP contribution in [0.4, 0.5) is 0 Å². The third-order valence-electron chi connectivity index (χ3n) is 4.86. The third kappa shape index (κ3) is 3.14. The number of carbonyl (C=O) groups excluding carboxylic acids is 1. The number of nitrogens with one attached hydrogen (secondary N) is 1. The molecule has 4 rings (SSSR count). The maximum Gasteiger partial charge on any atom is 0.251 e. The number of para-hydroxylation sites is 1. The van der Waals surface area contributed by atoms with Gasteiger partial charge in [0.25, 0.3) is 5.91 Å². The number of piperidine rings is 1. The molecule has 1 amide bonds. The molecular weight excluding hydrogens is 320 g/mol. The number of phenols is 1. The highest BCUT2D eigenvalue weighted by Gasteiger charge is 2.38. The Hall–Kier alpha value is -1.98. The Morgan fingerprint density at radius 2 is 1.92 bits per heavy atom. The molecule has 2 N–H and O–H groups in total. The normalized spacial score (nSPS) is 24.9. The van der Waals surface area contributed by atoms with Crippen LogP contribution >= 0.6 is 11.8 Å². The molecule has 2 aromatic rings. The molecule has 2 heterocycles. The van der Waals surface area contributed by atoms with Crippen LogP contribution in [0.2, 0.25) is 0 Å². The Labute approximate surface area is 145 Å². The Morgan fingerprint density at radius 1 is 1.12 bits per heavy atom. The van der Waals surface area contributed by atoms with Crippen LogP contribution in [0.25, 0.3) is 0 Å². The number of carbonyl (C=O) groups is 1. The fourth-order valence-corrected chi connectivity index (χ4v) is 4.39. The van der Waals surface area contributed by atoms with Crippen LogP contribution in [-0.4, -0.2) is 41.6 Å². The number of phenolic OH excluding ortho intramolecular Hbond substituents is 1. The van der Waals surface area contributed by atoms with E-state index in [4.69, 9.17) is 0 Å². The molecule has 24 heavy (non-hydrogen) atoms. The standard InChI is InChI=1S/C19H20N2O2S/c22-17-3-1-2-4-18(17)24-15-7-5-13(6-8-15)19(23)20-16-12-21-10-9-14(16)11-21/h1-8,14,16,22H,9-12H2,(H,20,23). The van der Waals surface area contributed by atoms with Crippen LogP contribution in [0.15, 0.2) is 58.3 Å². The second-order valence-corrected chi connectivity index (χ2v) is 7.60. The van der Waals surface area contributed by atoms with Crippen molar-refractivity contribution < 1.29 is 9.90 Å². The summed E-state index contributed by atoms with van der Waals surface area (Å²) in [6.07, 6.45) is 1.20. The number of aromatic hydroxyl groups is 1. The zero-order valence-corrected chi connectivity index (χ0v) is 14.1. The maximum absolute atomic E-state index is 12.4. The molecule has 3 unspecified atom stereocenters. The van der Waals surface area contributed by atoms with Crippen LogP contribution < -0.4 is 5.32 Å². The van der Waals surface area contributed by atoms with E-state index in [0.29, 0.717) is 17.5 Å². The van der Waals surface area contributed by atoms with E-state index < -0.39 is 0 Å². The van der Waals surface area contributed by atoms with Gasteiger partial charge in [-0.1, -0.05) is 23.9 Å². The Balaban J connectivity index is 1.40. The molecule has 2 bridgehead atoms. The molecule has 2 saturated heterocycles. The number of hydrogen-bond donors (Lipinski definition) is 2. The highest BCUT2D eigenvalue weighted by molar-refractivity contribution is 7.99. The number of rotatable bonds is 4. The lowest BCUT2D eigenvalue weighted by atomic mass is 9.99. The molecule has 2 aliphatic heterocycles. The summed E-state index contributed by atoms with van der Waals surface area (Å²) in [5, 5.41) is 13.0. The van der Waals surface area contributed by atoms with E-state index in [0.717, 1.165) is 22.9 Å². The van der Waals surface area contributed by atoms with Crippen LogP contribution in [0.1, 0.15) is 16.8 Å². The number of fused-ring (bicyclic) bond motifs is 2. The van der Waals surface area contributed by atoms with Crippen LogP contribution in [-0.2, 0) is 0 Å². The summed E-state index contributed by atoms with van der Waals surface area (Å²) >= 11 is 1.49. The SMILES string of the molecule is O=C(NC1CN2CCC1C2)c1ccc(Sc2ccccc2O)cc1. The second kappa shape index (κ2) is 6.49. The van der Waals surface area contributed by atoms with Gasteiger partial charge in [-0.3, -0.25) is 4.79 Å². The molecule has 0 aliphatic carbocycles. The van der Waals surface area contributed by atoms with Gasteiger partial charge in [0.05, 0.1) is 4.90 Å². The van der Waals surface area contributed by atoms with Crippen LogP contribution in [0, 0.1) is 5.92 Å². The van der Waals surface area contributed by atoms with Crippen molar-refractivity contribution in [1.82, 2.24) is 10.2 Å². The van der Waals surface area contributed by atoms with E-state index in [9.17, 15) is 9.90 Å². The molecule has 3 atom stereocenters. The van der Waals surface area contributed by atoms with E-state index in [1.165, 1.54) is 24.7 Å². The van der Waals surface area contributed by atoms with Crippen molar-refractivity contribution in [1.29, 1.82) is 0 Å². The van der Waals surface area contributed by atoms with Crippen molar-refractivity contribution in [3.8, 4) is 5.75 Å². The van der Waals surface area contributed by atoms with Gasteiger partial charge in [-0.2, -0.15) is 0 Å². The first kappa shape index (κ1) is 15.5. The Kier molecular flexibility index (Phi) is 4.21. The lowest BCUT2D eigenvalue weighted by Gasteiger charge is -2.23. The van der Waals surface area contributed by atoms with Crippen molar-refractivity contribution in [2.24, 2.45) is 5.92 Å². The zero-order valence-electron chi connectivity index (χ0n) is 13.3. The molecule has 0 saturated carbocycles. The van der Waals surface area contributed by atoms with Crippen LogP contribution in [0.5, 0.6) is 5.75 Å². The van der Waals surface area contributed by atoms with Gasteiger partial charge in [0.2, 0.25) is 0 Å². The molecule has 5 heteroatoms. The first-order chi connectivity index (χ1) is 11.7. The van der Waals surface area contributed by atoms with E-state index in [-0.39, 0.29) is 11.7 Å². The van der Waals surface area contributed by atoms with E-state index >= 15 is 0 Å². The summed E-state index contributed by atoms with van der Waals surface area (Å²) < 4.78 is 0. The summed E-state index contributed by atoms with van der Waals surface area (Å²) in [5.41, 5.74) is 0.689. The van der Waals surface area contributed by atoms with Gasteiger partial charge in [-0.15, -0.1) is 0 Å². The van der Waals surface area contributed by atoms with E-state index in [1.54, 1.807) is 12.1 Å². The minimum atomic E-state index is 0.00728. The molecule has 124 valence electrons. The zero-order chi connectivity index (χ0) is 16.5. The van der Waals surface area contributed by atoms with Crippen LogP contribution in [0.3, 0.4) is 0 Å². The Morgan fingerprint density at radius 3 is 2.58 bits per heavy atom. The van der Waals surface area contributed by atoms with Gasteiger partial charge in [0, 0.05) is 29.6 Å². The average Bonchev–Trinajstić information content (AvgIpc) is 3.20. The minimum Gasteiger partial charge on any atom is -0.507 e. The molecule has 2 aliphatic rings. The lowest BCUT2D eigenvalue weighted by molar-refractivity contribution is 0.0924. The average molecular weight is 340 g/mol. The summed E-state index contributed by atoms with van der Waals surface area (Å²) in [4.78, 5) is 16.7. The van der Waals surface area contributed by atoms with Gasteiger partial charge in [0.15, 0.2) is 0 Å². The summed E-state index contributed by atoms with van der Waals surface area (Å²) in [6, 6.07) is 15.1. The van der Waals surface area contributed by atoms with Crippen molar-refractivity contribution in [3.05, 3.63) is 54.1 Å². The number of amides is 1. The first-order valence-corrected chi connectivity index (χ1v) is 9.10. The predicted octanol–water partition coefficient (Wildman–Crippen LogP) is 2.98. The quantitative estimate of drug-likeness (QED) is 0.898. The number of benzene rings is 2. The highest BCUT2D eigenvalue weighted by atomic mass is 32.2. The fraction of sp³-hybridized carbons (Fsp3) is 0.316. The van der Waals surface area contributed by atoms with Gasteiger partial charge >= 0.3 is 0 Å². The maximum atomic E-state index is 12.4. The molecule has 0 spiro atoms. The molecular formula is C19H20N2O2S. The van der Waals surface area contributed by atoms with Gasteiger partial charge in [-0.25, -0.2) is 0 Å². The van der Waals surface area contributed by atoms with Crippen molar-refractivity contribution in [3.63, 3.8) is 0 Å². The lowest BCUT2D eigenvalue weighted by Crippen LogP contribution is -2.43. The van der Waals surface area contributed by atoms with Gasteiger partial charge in [-0.05, 0) is 55.3 Å². The monoisotopic (exact) mass is 340 g/mol. The van der Waals surface area contributed by atoms with Gasteiger partial charge < -0.3 is 15.3 Å². The number of hydrogen-bond acceptors (Lipinski definition) is 4. The smallest absolute Gasteiger partial charge is 0.251 e. The largest absolute Gasteiger partial charge is 0.507 e. The summed E-state index contributed by atoms with van der Waals surface area (Å²) in [5.74, 6) is 0.897. The van der Waals surface area contributed by atoms with Crippen molar-refractivity contribution in [2.45, 2.75) is 22.3 Å². The van der Waals surface area contributed by atoms with E-state index in [2.05, 4.69) is 10.2 Å². The van der Waals surface area contributed by atoms with Crippen molar-refractivity contribution >= 4 is 17.7 Å². The summed E-state index contributed by atoms with van der Waals surface area (Å²) in [7, 11) is 0. The Bertz CT molecular complexity index is 747. The molecule has 0 radical (unpaired) electrons. The molecule has 2 fully saturated rings. The minimum absolute atomic E-state index is 0.00728. The molecule has 2 aromatic carbocycles. The predicted molar refractivity (Wildman–Crippen MR) is 94.5 cm³/mol. The third-order valence-corrected chi connectivity index (χ3v) is 5.93. The topological polar surface area (TPSA) is 52.6 Å². The molecule has 0 aromatic heterocycles.